The first-order valence-electron chi connectivity index (χ1n) is 6.12. The Balaban J connectivity index is 2.93. The highest BCUT2D eigenvalue weighted by molar-refractivity contribution is 9.10. The summed E-state index contributed by atoms with van der Waals surface area (Å²) >= 11 is 4.54. The van der Waals surface area contributed by atoms with Gasteiger partial charge in [-0.25, -0.2) is 4.79 Å². The third-order valence-electron chi connectivity index (χ3n) is 2.43. The van der Waals surface area contributed by atoms with Crippen LogP contribution in [0.2, 0.25) is 0 Å². The number of allylic oxidation sites excluding steroid dienone is 3. The van der Waals surface area contributed by atoms with Crippen LogP contribution in [0.4, 0.5) is 0 Å². The molecule has 0 heterocycles. The van der Waals surface area contributed by atoms with Crippen molar-refractivity contribution in [2.45, 2.75) is 6.92 Å². The van der Waals surface area contributed by atoms with Crippen molar-refractivity contribution in [2.24, 2.45) is 0 Å². The van der Waals surface area contributed by atoms with E-state index in [1.54, 1.807) is 37.4 Å². The molecule has 0 amide bonds. The Bertz CT molecular complexity index is 576. The number of halogens is 1. The van der Waals surface area contributed by atoms with Crippen molar-refractivity contribution in [3.05, 3.63) is 57.1 Å². The van der Waals surface area contributed by atoms with Gasteiger partial charge in [-0.2, -0.15) is 0 Å². The molecule has 1 aromatic carbocycles. The zero-order chi connectivity index (χ0) is 15.8. The van der Waals surface area contributed by atoms with Gasteiger partial charge in [0.05, 0.1) is 11.5 Å². The first-order valence-corrected chi connectivity index (χ1v) is 8.13. The van der Waals surface area contributed by atoms with Crippen molar-refractivity contribution in [3.63, 3.8) is 0 Å². The molecule has 0 aliphatic heterocycles. The van der Waals surface area contributed by atoms with Crippen molar-refractivity contribution in [3.8, 4) is 0 Å². The van der Waals surface area contributed by atoms with Crippen LogP contribution in [-0.4, -0.2) is 29.7 Å². The molecule has 0 aliphatic rings. The molecular weight excluding hydrogens is 356 g/mol. The standard InChI is InChI=1S/C15H15BrO4S/c1-3-20-15(19)12(17)8-9-13(21-2)14(18)10-4-6-11(16)7-5-10/h4-9,17H,3H2,1-2H3/b12-8-,13-9-. The molecule has 112 valence electrons. The van der Waals surface area contributed by atoms with E-state index in [1.807, 2.05) is 0 Å². The molecule has 6 heteroatoms. The Morgan fingerprint density at radius 1 is 1.29 bits per heavy atom. The summed E-state index contributed by atoms with van der Waals surface area (Å²) in [6.07, 6.45) is 4.32. The first kappa shape index (κ1) is 17.5. The molecule has 0 aromatic heterocycles. The summed E-state index contributed by atoms with van der Waals surface area (Å²) in [5.74, 6) is -1.53. The smallest absolute Gasteiger partial charge is 0.373 e. The second kappa shape index (κ2) is 8.69. The van der Waals surface area contributed by atoms with E-state index in [0.29, 0.717) is 10.5 Å². The molecule has 0 saturated heterocycles. The second-order valence-corrected chi connectivity index (χ2v) is 5.61. The lowest BCUT2D eigenvalue weighted by Crippen LogP contribution is -2.07. The van der Waals surface area contributed by atoms with Gasteiger partial charge in [-0.3, -0.25) is 4.79 Å². The van der Waals surface area contributed by atoms with Crippen molar-refractivity contribution in [2.75, 3.05) is 12.9 Å². The number of hydrogen-bond acceptors (Lipinski definition) is 5. The highest BCUT2D eigenvalue weighted by Crippen LogP contribution is 2.20. The molecule has 0 aliphatic carbocycles. The van der Waals surface area contributed by atoms with Gasteiger partial charge in [0.2, 0.25) is 5.76 Å². The lowest BCUT2D eigenvalue weighted by molar-refractivity contribution is -0.141. The summed E-state index contributed by atoms with van der Waals surface area (Å²) in [6.45, 7) is 1.82. The van der Waals surface area contributed by atoms with E-state index in [0.717, 1.165) is 4.47 Å². The van der Waals surface area contributed by atoms with Crippen LogP contribution in [0.3, 0.4) is 0 Å². The summed E-state index contributed by atoms with van der Waals surface area (Å²) in [5, 5.41) is 9.50. The van der Waals surface area contributed by atoms with Crippen LogP contribution in [0.25, 0.3) is 0 Å². The van der Waals surface area contributed by atoms with Crippen LogP contribution < -0.4 is 0 Å². The molecule has 4 nitrogen and oxygen atoms in total. The Morgan fingerprint density at radius 2 is 1.90 bits per heavy atom. The molecule has 0 atom stereocenters. The van der Waals surface area contributed by atoms with E-state index >= 15 is 0 Å². The predicted molar refractivity (Wildman–Crippen MR) is 87.4 cm³/mol. The number of ether oxygens (including phenoxy) is 1. The van der Waals surface area contributed by atoms with Crippen LogP contribution in [0, 0.1) is 0 Å². The minimum Gasteiger partial charge on any atom is -0.502 e. The third-order valence-corrected chi connectivity index (χ3v) is 3.72. The molecule has 0 bridgehead atoms. The van der Waals surface area contributed by atoms with Gasteiger partial charge in [0.1, 0.15) is 0 Å². The predicted octanol–water partition coefficient (Wildman–Crippen LogP) is 3.88. The first-order chi connectivity index (χ1) is 9.99. The molecule has 0 fully saturated rings. The third kappa shape index (κ3) is 5.40. The highest BCUT2D eigenvalue weighted by Gasteiger charge is 2.12. The van der Waals surface area contributed by atoms with Gasteiger partial charge in [-0.05, 0) is 49.6 Å². The molecule has 1 N–H and O–H groups in total. The molecule has 0 saturated carbocycles. The second-order valence-electron chi connectivity index (χ2n) is 3.84. The number of benzene rings is 1. The number of aliphatic hydroxyl groups excluding tert-OH is 1. The van der Waals surface area contributed by atoms with E-state index in [4.69, 9.17) is 0 Å². The van der Waals surface area contributed by atoms with Crippen LogP contribution in [-0.2, 0) is 9.53 Å². The largest absolute Gasteiger partial charge is 0.502 e. The number of aliphatic hydroxyl groups is 1. The summed E-state index contributed by atoms with van der Waals surface area (Å²) in [4.78, 5) is 23.9. The lowest BCUT2D eigenvalue weighted by Gasteiger charge is -2.03. The number of Topliss-reactive ketones (excluding diaryl/α,β-unsaturated/α-hetero) is 1. The number of carbonyl (C=O) groups excluding carboxylic acids is 2. The van der Waals surface area contributed by atoms with Crippen molar-refractivity contribution in [1.82, 2.24) is 0 Å². The minimum atomic E-state index is -0.815. The zero-order valence-corrected chi connectivity index (χ0v) is 14.0. The summed E-state index contributed by atoms with van der Waals surface area (Å²) in [6, 6.07) is 6.95. The number of ketones is 1. The van der Waals surface area contributed by atoms with Crippen molar-refractivity contribution < 1.29 is 19.4 Å². The number of rotatable bonds is 6. The van der Waals surface area contributed by atoms with E-state index < -0.39 is 11.7 Å². The number of carbonyl (C=O) groups is 2. The maximum Gasteiger partial charge on any atom is 0.373 e. The highest BCUT2D eigenvalue weighted by atomic mass is 79.9. The van der Waals surface area contributed by atoms with Gasteiger partial charge in [0.15, 0.2) is 5.78 Å². The Morgan fingerprint density at radius 3 is 2.43 bits per heavy atom. The number of hydrogen-bond donors (Lipinski definition) is 1. The maximum absolute atomic E-state index is 12.3. The average Bonchev–Trinajstić information content (AvgIpc) is 2.48. The number of thioether (sulfide) groups is 1. The van der Waals surface area contributed by atoms with Crippen molar-refractivity contribution in [1.29, 1.82) is 0 Å². The molecule has 21 heavy (non-hydrogen) atoms. The fraction of sp³-hybridized carbons (Fsp3) is 0.200. The Kier molecular flexibility index (Phi) is 7.25. The molecular formula is C15H15BrO4S. The van der Waals surface area contributed by atoms with Crippen LogP contribution in [0.5, 0.6) is 0 Å². The number of esters is 1. The summed E-state index contributed by atoms with van der Waals surface area (Å²) < 4.78 is 5.53. The van der Waals surface area contributed by atoms with Gasteiger partial charge >= 0.3 is 5.97 Å². The van der Waals surface area contributed by atoms with Gasteiger partial charge in [-0.15, -0.1) is 11.8 Å². The fourth-order valence-corrected chi connectivity index (χ4v) is 2.18. The fourth-order valence-electron chi connectivity index (χ4n) is 1.41. The molecule has 0 radical (unpaired) electrons. The Hall–Kier alpha value is -1.53. The Labute approximate surface area is 136 Å². The molecule has 1 aromatic rings. The van der Waals surface area contributed by atoms with Crippen LogP contribution in [0.1, 0.15) is 17.3 Å². The monoisotopic (exact) mass is 370 g/mol. The average molecular weight is 371 g/mol. The lowest BCUT2D eigenvalue weighted by atomic mass is 10.1. The van der Waals surface area contributed by atoms with Gasteiger partial charge < -0.3 is 9.84 Å². The molecule has 0 unspecified atom stereocenters. The SMILES string of the molecule is CCOC(=O)/C(O)=C/C=C(\SC)C(=O)c1ccc(Br)cc1. The van der Waals surface area contributed by atoms with Crippen LogP contribution in [0.15, 0.2) is 51.6 Å². The van der Waals surface area contributed by atoms with E-state index in [1.165, 1.54) is 23.9 Å². The van der Waals surface area contributed by atoms with Gasteiger partial charge in [0.25, 0.3) is 0 Å². The van der Waals surface area contributed by atoms with Gasteiger partial charge in [-0.1, -0.05) is 15.9 Å². The molecule has 1 rings (SSSR count). The van der Waals surface area contributed by atoms with Crippen molar-refractivity contribution >= 4 is 39.4 Å². The van der Waals surface area contributed by atoms with Crippen LogP contribution >= 0.6 is 27.7 Å². The van der Waals surface area contributed by atoms with Gasteiger partial charge in [0, 0.05) is 10.0 Å². The summed E-state index contributed by atoms with van der Waals surface area (Å²) in [7, 11) is 0. The zero-order valence-electron chi connectivity index (χ0n) is 11.6. The molecule has 0 spiro atoms. The van der Waals surface area contributed by atoms with E-state index in [2.05, 4.69) is 20.7 Å². The van der Waals surface area contributed by atoms with E-state index in [9.17, 15) is 14.7 Å². The quantitative estimate of drug-likeness (QED) is 0.270. The van der Waals surface area contributed by atoms with E-state index in [-0.39, 0.29) is 12.4 Å². The maximum atomic E-state index is 12.3. The topological polar surface area (TPSA) is 63.6 Å². The summed E-state index contributed by atoms with van der Waals surface area (Å²) in [5.41, 5.74) is 0.530. The normalized spacial score (nSPS) is 12.1. The minimum absolute atomic E-state index is 0.174.